The third-order valence-electron chi connectivity index (χ3n) is 7.13. The fourth-order valence-corrected chi connectivity index (χ4v) is 5.86. The van der Waals surface area contributed by atoms with Crippen LogP contribution in [0.3, 0.4) is 0 Å². The van der Waals surface area contributed by atoms with E-state index in [1.165, 1.54) is 11.1 Å². The fourth-order valence-electron chi connectivity index (χ4n) is 5.86. The minimum atomic E-state index is -1.33. The van der Waals surface area contributed by atoms with Gasteiger partial charge in [0.25, 0.3) is 0 Å². The zero-order valence-electron chi connectivity index (χ0n) is 14.5. The number of carboxylic acid groups (broad SMARTS) is 1. The van der Waals surface area contributed by atoms with Crippen molar-refractivity contribution in [3.8, 4) is 18.1 Å². The lowest BCUT2D eigenvalue weighted by Gasteiger charge is -2.50. The van der Waals surface area contributed by atoms with Gasteiger partial charge in [-0.05, 0) is 85.0 Å². The molecule has 1 aromatic rings. The van der Waals surface area contributed by atoms with E-state index < -0.39 is 6.16 Å². The molecule has 0 aliphatic heterocycles. The van der Waals surface area contributed by atoms with E-state index in [0.29, 0.717) is 23.3 Å². The molecule has 25 heavy (non-hydrogen) atoms. The maximum absolute atomic E-state index is 10.9. The lowest BCUT2D eigenvalue weighted by atomic mass is 9.55. The van der Waals surface area contributed by atoms with Gasteiger partial charge in [0.05, 0.1) is 11.7 Å². The number of fused-ring (bicyclic) bond motifs is 5. The molecule has 4 nitrogen and oxygen atoms in total. The molecule has 0 saturated heterocycles. The van der Waals surface area contributed by atoms with Crippen LogP contribution in [-0.4, -0.2) is 22.5 Å². The van der Waals surface area contributed by atoms with Crippen molar-refractivity contribution in [1.82, 2.24) is 0 Å². The van der Waals surface area contributed by atoms with Crippen molar-refractivity contribution in [3.05, 3.63) is 28.8 Å². The summed E-state index contributed by atoms with van der Waals surface area (Å²) >= 11 is 0. The lowest BCUT2D eigenvalue weighted by molar-refractivity contribution is -0.0226. The standard InChI is InChI=1S/C21H24O4/c1-3-12-10-16-13(11-18(12)25-20(23)24)4-5-15-14(16)8-9-21(2)17(15)6-7-19(21)22/h1,10-11,14-15,17,19,22H,4-9H2,2H3,(H,23,24)/t14-,15+,17-,19-,21-/m0/s1. The molecule has 0 amide bonds. The molecular weight excluding hydrogens is 316 g/mol. The average molecular weight is 340 g/mol. The molecule has 4 heteroatoms. The van der Waals surface area contributed by atoms with Gasteiger partial charge in [-0.15, -0.1) is 6.42 Å². The second-order valence-electron chi connectivity index (χ2n) is 8.11. The first-order chi connectivity index (χ1) is 11.9. The number of terminal acetylenes is 1. The van der Waals surface area contributed by atoms with Crippen LogP contribution in [0.5, 0.6) is 5.75 Å². The quantitative estimate of drug-likeness (QED) is 0.462. The van der Waals surface area contributed by atoms with E-state index in [2.05, 4.69) is 12.8 Å². The van der Waals surface area contributed by atoms with Gasteiger partial charge in [-0.1, -0.05) is 12.8 Å². The van der Waals surface area contributed by atoms with E-state index in [-0.39, 0.29) is 17.3 Å². The van der Waals surface area contributed by atoms with Gasteiger partial charge in [0.1, 0.15) is 5.75 Å². The molecule has 0 bridgehead atoms. The summed E-state index contributed by atoms with van der Waals surface area (Å²) in [6.07, 6.45) is 10.2. The summed E-state index contributed by atoms with van der Waals surface area (Å²) in [6.45, 7) is 2.26. The first kappa shape index (κ1) is 16.5. The summed E-state index contributed by atoms with van der Waals surface area (Å²) in [7, 11) is 0. The summed E-state index contributed by atoms with van der Waals surface area (Å²) in [5.41, 5.74) is 3.01. The third-order valence-corrected chi connectivity index (χ3v) is 7.13. The van der Waals surface area contributed by atoms with Gasteiger partial charge in [0.15, 0.2) is 0 Å². The van der Waals surface area contributed by atoms with Crippen LogP contribution in [0, 0.1) is 29.6 Å². The fraction of sp³-hybridized carbons (Fsp3) is 0.571. The first-order valence-corrected chi connectivity index (χ1v) is 9.16. The normalized spacial score (nSPS) is 35.9. The summed E-state index contributed by atoms with van der Waals surface area (Å²) in [5, 5.41) is 19.4. The summed E-state index contributed by atoms with van der Waals surface area (Å²) in [4.78, 5) is 10.9. The first-order valence-electron chi connectivity index (χ1n) is 9.16. The minimum absolute atomic E-state index is 0.0555. The van der Waals surface area contributed by atoms with Crippen LogP contribution >= 0.6 is 0 Å². The number of hydrogen-bond acceptors (Lipinski definition) is 3. The molecule has 2 fully saturated rings. The smallest absolute Gasteiger partial charge is 0.449 e. The highest BCUT2D eigenvalue weighted by Gasteiger charge is 2.54. The number of aryl methyl sites for hydroxylation is 1. The Morgan fingerprint density at radius 3 is 2.84 bits per heavy atom. The highest BCUT2D eigenvalue weighted by atomic mass is 16.7. The topological polar surface area (TPSA) is 66.8 Å². The van der Waals surface area contributed by atoms with Crippen molar-refractivity contribution in [2.24, 2.45) is 17.3 Å². The van der Waals surface area contributed by atoms with Gasteiger partial charge in [-0.2, -0.15) is 0 Å². The maximum Gasteiger partial charge on any atom is 0.511 e. The van der Waals surface area contributed by atoms with E-state index in [4.69, 9.17) is 16.3 Å². The summed E-state index contributed by atoms with van der Waals surface area (Å²) in [6, 6.07) is 3.80. The van der Waals surface area contributed by atoms with E-state index >= 15 is 0 Å². The number of rotatable bonds is 1. The Bertz CT molecular complexity index is 762. The second-order valence-corrected chi connectivity index (χ2v) is 8.11. The molecule has 2 saturated carbocycles. The predicted molar refractivity (Wildman–Crippen MR) is 93.7 cm³/mol. The van der Waals surface area contributed by atoms with Crippen molar-refractivity contribution in [3.63, 3.8) is 0 Å². The Labute approximate surface area is 148 Å². The molecule has 1 aromatic carbocycles. The molecule has 4 rings (SSSR count). The van der Waals surface area contributed by atoms with Crippen molar-refractivity contribution < 1.29 is 19.7 Å². The number of carbonyl (C=O) groups is 1. The van der Waals surface area contributed by atoms with Crippen molar-refractivity contribution in [1.29, 1.82) is 0 Å². The molecule has 0 unspecified atom stereocenters. The Hall–Kier alpha value is -1.99. The highest BCUT2D eigenvalue weighted by Crippen LogP contribution is 2.61. The van der Waals surface area contributed by atoms with E-state index in [1.807, 2.05) is 12.1 Å². The predicted octanol–water partition coefficient (Wildman–Crippen LogP) is 3.94. The zero-order valence-corrected chi connectivity index (χ0v) is 14.5. The largest absolute Gasteiger partial charge is 0.511 e. The van der Waals surface area contributed by atoms with E-state index in [1.54, 1.807) is 0 Å². The SMILES string of the molecule is C#Cc1cc2c(cc1OC(=O)O)CC[C@@H]1[C@@H]2CC[C@]2(C)[C@@H](O)CC[C@@H]12. The molecule has 132 valence electrons. The molecule has 3 aliphatic rings. The molecular formula is C21H24O4. The Balaban J connectivity index is 1.71. The number of aliphatic hydroxyl groups excluding tert-OH is 1. The number of hydrogen-bond donors (Lipinski definition) is 2. The molecule has 0 radical (unpaired) electrons. The van der Waals surface area contributed by atoms with E-state index in [0.717, 1.165) is 38.5 Å². The monoisotopic (exact) mass is 340 g/mol. The summed E-state index contributed by atoms with van der Waals surface area (Å²) < 4.78 is 4.88. The van der Waals surface area contributed by atoms with Crippen molar-refractivity contribution >= 4 is 6.16 Å². The van der Waals surface area contributed by atoms with Gasteiger partial charge in [-0.3, -0.25) is 0 Å². The second kappa shape index (κ2) is 5.78. The number of benzene rings is 1. The Morgan fingerprint density at radius 1 is 1.32 bits per heavy atom. The molecule has 2 N–H and O–H groups in total. The van der Waals surface area contributed by atoms with Crippen LogP contribution in [0.15, 0.2) is 12.1 Å². The number of ether oxygens (including phenoxy) is 1. The minimum Gasteiger partial charge on any atom is -0.449 e. The van der Waals surface area contributed by atoms with E-state index in [9.17, 15) is 9.90 Å². The highest BCUT2D eigenvalue weighted by molar-refractivity contribution is 5.64. The Morgan fingerprint density at radius 2 is 2.12 bits per heavy atom. The summed E-state index contributed by atoms with van der Waals surface area (Å²) in [5.74, 6) is 4.46. The molecule has 5 atom stereocenters. The van der Waals surface area contributed by atoms with Gasteiger partial charge >= 0.3 is 6.16 Å². The molecule has 0 aromatic heterocycles. The van der Waals surface area contributed by atoms with Gasteiger partial charge in [0, 0.05) is 0 Å². The zero-order chi connectivity index (χ0) is 17.8. The van der Waals surface area contributed by atoms with Crippen LogP contribution in [0.25, 0.3) is 0 Å². The van der Waals surface area contributed by atoms with Crippen LogP contribution in [0.4, 0.5) is 4.79 Å². The third kappa shape index (κ3) is 2.45. The van der Waals surface area contributed by atoms with Crippen LogP contribution in [-0.2, 0) is 6.42 Å². The van der Waals surface area contributed by atoms with Crippen LogP contribution in [0.1, 0.15) is 61.6 Å². The lowest BCUT2D eigenvalue weighted by Crippen LogP contribution is -2.43. The van der Waals surface area contributed by atoms with Gasteiger partial charge in [-0.25, -0.2) is 4.79 Å². The van der Waals surface area contributed by atoms with Crippen LogP contribution < -0.4 is 4.74 Å². The maximum atomic E-state index is 10.9. The molecule has 0 heterocycles. The number of aliphatic hydroxyl groups is 1. The van der Waals surface area contributed by atoms with Crippen LogP contribution in [0.2, 0.25) is 0 Å². The molecule has 3 aliphatic carbocycles. The van der Waals surface area contributed by atoms with Crippen molar-refractivity contribution in [2.75, 3.05) is 0 Å². The van der Waals surface area contributed by atoms with Crippen molar-refractivity contribution in [2.45, 2.75) is 57.5 Å². The van der Waals surface area contributed by atoms with Gasteiger partial charge in [0.2, 0.25) is 0 Å². The average Bonchev–Trinajstić information content (AvgIpc) is 2.89. The van der Waals surface area contributed by atoms with Gasteiger partial charge < -0.3 is 14.9 Å². The molecule has 0 spiro atoms. The Kier molecular flexibility index (Phi) is 3.81.